The number of nitrogens with zero attached hydrogens (tertiary/aromatic N) is 6. The van der Waals surface area contributed by atoms with Crippen molar-refractivity contribution in [2.24, 2.45) is 0 Å². The summed E-state index contributed by atoms with van der Waals surface area (Å²) >= 11 is 0. The van der Waals surface area contributed by atoms with Crippen molar-refractivity contribution in [3.8, 4) is 40.0 Å². The van der Waals surface area contributed by atoms with Crippen LogP contribution in [0, 0.1) is 17.1 Å². The zero-order chi connectivity index (χ0) is 34.0. The van der Waals surface area contributed by atoms with Gasteiger partial charge in [0.15, 0.2) is 17.3 Å². The molecule has 1 aliphatic rings. The zero-order valence-electron chi connectivity index (χ0n) is 27.1. The summed E-state index contributed by atoms with van der Waals surface area (Å²) in [5, 5.41) is 17.5. The third-order valence-electron chi connectivity index (χ3n) is 7.23. The van der Waals surface area contributed by atoms with Crippen molar-refractivity contribution < 1.29 is 28.0 Å². The number of anilines is 1. The second kappa shape index (κ2) is 12.9. The highest BCUT2D eigenvalue weighted by Crippen LogP contribution is 2.37. The van der Waals surface area contributed by atoms with Crippen LogP contribution in [0.3, 0.4) is 0 Å². The van der Waals surface area contributed by atoms with Gasteiger partial charge in [0.1, 0.15) is 28.1 Å². The summed E-state index contributed by atoms with van der Waals surface area (Å²) < 4.78 is 31.5. The highest BCUT2D eigenvalue weighted by Gasteiger charge is 2.38. The summed E-state index contributed by atoms with van der Waals surface area (Å²) in [6.45, 7) is 11.3. The van der Waals surface area contributed by atoms with Crippen molar-refractivity contribution in [1.29, 1.82) is 5.26 Å². The van der Waals surface area contributed by atoms with E-state index in [-0.39, 0.29) is 28.5 Å². The van der Waals surface area contributed by atoms with Crippen LogP contribution in [0.4, 0.5) is 19.8 Å². The Morgan fingerprint density at radius 3 is 2.26 bits per heavy atom. The van der Waals surface area contributed by atoms with Crippen molar-refractivity contribution in [3.05, 3.63) is 66.4 Å². The number of nitrogens with one attached hydrogen (secondary N) is 1. The van der Waals surface area contributed by atoms with Gasteiger partial charge in [-0.2, -0.15) is 10.2 Å². The molecule has 0 atom stereocenters. The second-order valence-corrected chi connectivity index (χ2v) is 13.2. The Morgan fingerprint density at radius 1 is 0.979 bits per heavy atom. The van der Waals surface area contributed by atoms with E-state index in [4.69, 9.17) is 19.0 Å². The Hall–Kier alpha value is -5.22. The Balaban J connectivity index is 1.68. The molecule has 0 saturated carbocycles. The fourth-order valence-electron chi connectivity index (χ4n) is 5.03. The van der Waals surface area contributed by atoms with E-state index in [1.54, 1.807) is 72.0 Å². The fourth-order valence-corrected chi connectivity index (χ4v) is 5.03. The molecule has 0 bridgehead atoms. The minimum absolute atomic E-state index is 0.00847. The van der Waals surface area contributed by atoms with Crippen LogP contribution in [-0.2, 0) is 14.9 Å². The van der Waals surface area contributed by atoms with E-state index in [9.17, 15) is 19.2 Å². The molecule has 1 aromatic carbocycles. The molecule has 0 radical (unpaired) electrons. The van der Waals surface area contributed by atoms with E-state index in [1.807, 2.05) is 0 Å². The Morgan fingerprint density at radius 2 is 1.64 bits per heavy atom. The van der Waals surface area contributed by atoms with Crippen LogP contribution in [0.5, 0.6) is 0 Å². The van der Waals surface area contributed by atoms with Gasteiger partial charge in [0.05, 0.1) is 23.7 Å². The molecule has 0 unspecified atom stereocenters. The molecular formula is C34H36FN7O5. The van der Waals surface area contributed by atoms with E-state index in [1.165, 1.54) is 24.4 Å². The van der Waals surface area contributed by atoms with Crippen molar-refractivity contribution in [3.63, 3.8) is 0 Å². The average molecular weight is 642 g/mol. The van der Waals surface area contributed by atoms with E-state index < -0.39 is 34.6 Å². The van der Waals surface area contributed by atoms with E-state index >= 15 is 0 Å². The molecule has 1 saturated heterocycles. The third kappa shape index (κ3) is 7.44. The number of carbonyl (C=O) groups is 2. The van der Waals surface area contributed by atoms with Gasteiger partial charge in [-0.05, 0) is 91.7 Å². The molecule has 1 aliphatic heterocycles. The lowest BCUT2D eigenvalue weighted by atomic mass is 9.77. The molecule has 0 aliphatic carbocycles. The molecule has 0 spiro atoms. The van der Waals surface area contributed by atoms with Crippen LogP contribution in [0.25, 0.3) is 34.0 Å². The summed E-state index contributed by atoms with van der Waals surface area (Å²) in [6.07, 6.45) is 2.05. The van der Waals surface area contributed by atoms with Crippen molar-refractivity contribution in [2.75, 3.05) is 18.0 Å². The fraction of sp³-hybridized carbons (Fsp3) is 0.382. The van der Waals surface area contributed by atoms with Gasteiger partial charge in [-0.3, -0.25) is 4.98 Å². The summed E-state index contributed by atoms with van der Waals surface area (Å²) in [5.41, 5.74) is -0.966. The predicted octanol–water partition coefficient (Wildman–Crippen LogP) is 6.82. The first-order valence-corrected chi connectivity index (χ1v) is 15.1. The molecule has 47 heavy (non-hydrogen) atoms. The van der Waals surface area contributed by atoms with Gasteiger partial charge in [-0.25, -0.2) is 23.9 Å². The minimum Gasteiger partial charge on any atom is -0.443 e. The monoisotopic (exact) mass is 641 g/mol. The van der Waals surface area contributed by atoms with Crippen LogP contribution >= 0.6 is 0 Å². The molecule has 13 heteroatoms. The first-order chi connectivity index (χ1) is 22.2. The number of amides is 2. The first-order valence-electron chi connectivity index (χ1n) is 15.1. The normalized spacial score (nSPS) is 14.6. The van der Waals surface area contributed by atoms with Gasteiger partial charge in [-0.1, -0.05) is 17.3 Å². The largest absolute Gasteiger partial charge is 0.443 e. The molecule has 12 nitrogen and oxygen atoms in total. The average Bonchev–Trinajstić information content (AvgIpc) is 3.50. The molecule has 1 fully saturated rings. The van der Waals surface area contributed by atoms with Crippen molar-refractivity contribution in [2.45, 2.75) is 71.0 Å². The van der Waals surface area contributed by atoms with E-state index in [0.29, 0.717) is 47.8 Å². The van der Waals surface area contributed by atoms with Gasteiger partial charge in [0.2, 0.25) is 0 Å². The highest BCUT2D eigenvalue weighted by molar-refractivity contribution is 6.10. The third-order valence-corrected chi connectivity index (χ3v) is 7.23. The summed E-state index contributed by atoms with van der Waals surface area (Å²) in [4.78, 5) is 41.6. The maximum atomic E-state index is 14.7. The Labute approximate surface area is 271 Å². The Bertz CT molecular complexity index is 1800. The number of pyridine rings is 1. The second-order valence-electron chi connectivity index (χ2n) is 13.2. The molecule has 4 aromatic rings. The number of piperidine rings is 1. The number of ether oxygens (including phenoxy) is 2. The number of hydrogen-bond acceptors (Lipinski definition) is 11. The lowest BCUT2D eigenvalue weighted by molar-refractivity contribution is 0.0429. The number of nitriles is 1. The van der Waals surface area contributed by atoms with Crippen LogP contribution in [0.15, 0.2) is 59.4 Å². The number of aromatic nitrogens is 4. The van der Waals surface area contributed by atoms with Gasteiger partial charge < -0.3 is 19.3 Å². The molecule has 3 aromatic heterocycles. The predicted molar refractivity (Wildman–Crippen MR) is 170 cm³/mol. The molecule has 244 valence electrons. The van der Waals surface area contributed by atoms with Crippen LogP contribution in [-0.4, -0.2) is 56.6 Å². The van der Waals surface area contributed by atoms with Crippen LogP contribution in [0.2, 0.25) is 0 Å². The molecule has 4 heterocycles. The quantitative estimate of drug-likeness (QED) is 0.244. The number of rotatable bonds is 5. The molecule has 1 N–H and O–H groups in total. The van der Waals surface area contributed by atoms with Gasteiger partial charge in [0.25, 0.3) is 0 Å². The number of carbonyl (C=O) groups excluding carboxylic acids is 2. The van der Waals surface area contributed by atoms with E-state index in [2.05, 4.69) is 26.5 Å². The smallest absolute Gasteiger partial charge is 0.425 e. The molecule has 5 rings (SSSR count). The summed E-state index contributed by atoms with van der Waals surface area (Å²) in [6, 6.07) is 13.4. The molecule has 2 amide bonds. The first kappa shape index (κ1) is 33.2. The number of hydrogen-bond donors (Lipinski definition) is 1. The molecular weight excluding hydrogens is 605 g/mol. The highest BCUT2D eigenvalue weighted by atomic mass is 19.1. The van der Waals surface area contributed by atoms with Gasteiger partial charge in [0, 0.05) is 23.4 Å². The number of imide groups is 1. The Kier molecular flexibility index (Phi) is 9.09. The maximum Gasteiger partial charge on any atom is 0.425 e. The standard InChI is InChI=1S/C34H36FN7O5/c1-32(2,3)45-30(43)42(31(44)46-33(4,5)6)29-28(26-18-24(41-47-26)22-9-7-8-10-23(22)35)40-25(19-39-29)21-11-14-38-27(17-21)34(20-36)12-15-37-16-13-34/h7-11,14,17-19,37H,12-13,15-16H2,1-6H3. The van der Waals surface area contributed by atoms with Crippen molar-refractivity contribution in [1.82, 2.24) is 25.4 Å². The summed E-state index contributed by atoms with van der Waals surface area (Å²) in [7, 11) is 0. The lowest BCUT2D eigenvalue weighted by Gasteiger charge is -2.30. The zero-order valence-corrected chi connectivity index (χ0v) is 27.1. The SMILES string of the molecule is CC(C)(C)OC(=O)N(C(=O)OC(C)(C)C)c1ncc(-c2ccnc(C3(C#N)CCNCC3)c2)nc1-c1cc(-c2ccccc2F)no1. The van der Waals surface area contributed by atoms with Crippen LogP contribution in [0.1, 0.15) is 60.1 Å². The summed E-state index contributed by atoms with van der Waals surface area (Å²) in [5.74, 6) is -0.786. The van der Waals surface area contributed by atoms with Gasteiger partial charge >= 0.3 is 12.2 Å². The minimum atomic E-state index is -1.06. The van der Waals surface area contributed by atoms with Gasteiger partial charge in [-0.15, -0.1) is 0 Å². The number of benzene rings is 1. The van der Waals surface area contributed by atoms with Crippen LogP contribution < -0.4 is 10.2 Å². The maximum absolute atomic E-state index is 14.7. The topological polar surface area (TPSA) is 156 Å². The number of halogens is 1. The lowest BCUT2D eigenvalue weighted by Crippen LogP contribution is -2.44. The van der Waals surface area contributed by atoms with Crippen molar-refractivity contribution >= 4 is 18.0 Å². The van der Waals surface area contributed by atoms with E-state index in [0.717, 1.165) is 0 Å².